The number of amides is 3. The Hall–Kier alpha value is -7.36. The molecule has 0 spiro atoms. The maximum absolute atomic E-state index is 14.2. The molecule has 1 aliphatic rings. The maximum Gasteiger partial charge on any atom is 0.246 e. The van der Waals surface area contributed by atoms with Gasteiger partial charge in [-0.1, -0.05) is 63.8 Å². The fourth-order valence-corrected chi connectivity index (χ4v) is 11.0. The molecule has 17 heteroatoms. The van der Waals surface area contributed by atoms with Crippen molar-refractivity contribution in [1.82, 2.24) is 35.2 Å². The minimum absolute atomic E-state index is 0.0312. The van der Waals surface area contributed by atoms with Gasteiger partial charge in [0.1, 0.15) is 42.5 Å². The number of ether oxygens (including phenoxy) is 1. The number of phenols is 2. The quantitative estimate of drug-likeness (QED) is 0.0409. The number of aromatic hydroxyl groups is 2. The third-order valence-electron chi connectivity index (χ3n) is 13.1. The summed E-state index contributed by atoms with van der Waals surface area (Å²) in [7, 11) is 0. The standard InChI is InChI=1S/C57H61N7O8S2/c1-7-62(26-27-72-45-22-17-39(18-23-45)51(69)50-46-24-21-43(66)29-48(46)74-53(50)41-15-19-42(65)20-16-41)25-9-8-10-37-30-59-63(31-37)33-49(68)61-54(57(4,5)6)56(71)64-32-44(67)28-47(64)55(70)60-35(2)38-11-13-40(14-12-38)52-36(3)58-34-73-52/h11-24,29-31,34-35,44,47,54,65-67H,7,9,25-28,32-33H2,1-6H3,(H,60,70)(H,61,68). The molecule has 0 radical (unpaired) electrons. The molecule has 74 heavy (non-hydrogen) atoms. The van der Waals surface area contributed by atoms with Gasteiger partial charge in [0.2, 0.25) is 17.7 Å². The molecule has 7 aromatic rings. The number of likely N-dealkylation sites (tertiary alicyclic amines) is 1. The SMILES string of the molecule is CCN(CCC#Cc1cnn(CC(=O)NC(C(=O)N2CC(O)CC2C(=O)NC(C)c2ccc(-c3scnc3C)cc2)C(C)(C)C)c1)CCOc1ccc(C(=O)c2c(-c3ccc(O)cc3)sc3cc(O)ccc23)cc1. The van der Waals surface area contributed by atoms with Gasteiger partial charge in [-0.05, 0) is 109 Å². The number of hydrogen-bond acceptors (Lipinski definition) is 13. The summed E-state index contributed by atoms with van der Waals surface area (Å²) in [5.41, 5.74) is 6.45. The molecule has 3 amide bonds. The first-order chi connectivity index (χ1) is 35.4. The number of phenolic OH excluding ortho intramolecular Hbond substituents is 2. The minimum Gasteiger partial charge on any atom is -0.508 e. The Morgan fingerprint density at radius 3 is 2.31 bits per heavy atom. The van der Waals surface area contributed by atoms with Crippen LogP contribution in [0, 0.1) is 24.2 Å². The number of nitrogens with one attached hydrogen (secondary N) is 2. The van der Waals surface area contributed by atoms with Crippen LogP contribution in [0.25, 0.3) is 31.0 Å². The van der Waals surface area contributed by atoms with Crippen LogP contribution in [0.4, 0.5) is 0 Å². The number of fused-ring (bicyclic) bond motifs is 1. The smallest absolute Gasteiger partial charge is 0.246 e. The van der Waals surface area contributed by atoms with Gasteiger partial charge in [0.15, 0.2) is 5.78 Å². The largest absolute Gasteiger partial charge is 0.508 e. The highest BCUT2D eigenvalue weighted by Gasteiger charge is 2.45. The van der Waals surface area contributed by atoms with E-state index in [4.69, 9.17) is 4.74 Å². The van der Waals surface area contributed by atoms with E-state index in [0.29, 0.717) is 48.6 Å². The molecular weight excluding hydrogens is 975 g/mol. The van der Waals surface area contributed by atoms with Gasteiger partial charge >= 0.3 is 0 Å². The first-order valence-corrected chi connectivity index (χ1v) is 26.3. The number of likely N-dealkylation sites (N-methyl/N-ethyl adjacent to an activating group) is 1. The zero-order chi connectivity index (χ0) is 52.7. The van der Waals surface area contributed by atoms with E-state index in [0.717, 1.165) is 48.8 Å². The lowest BCUT2D eigenvalue weighted by molar-refractivity contribution is -0.144. The van der Waals surface area contributed by atoms with E-state index in [-0.39, 0.29) is 48.7 Å². The van der Waals surface area contributed by atoms with Crippen molar-refractivity contribution in [2.45, 2.75) is 85.2 Å². The third-order valence-corrected chi connectivity index (χ3v) is 15.2. The van der Waals surface area contributed by atoms with Crippen molar-refractivity contribution in [2.75, 3.05) is 32.8 Å². The molecule has 0 aliphatic carbocycles. The Morgan fingerprint density at radius 2 is 1.62 bits per heavy atom. The number of thiophene rings is 1. The zero-order valence-electron chi connectivity index (χ0n) is 42.3. The van der Waals surface area contributed by atoms with Crippen molar-refractivity contribution in [3.63, 3.8) is 0 Å². The molecule has 4 atom stereocenters. The van der Waals surface area contributed by atoms with Crippen molar-refractivity contribution in [3.05, 3.63) is 137 Å². The summed E-state index contributed by atoms with van der Waals surface area (Å²) in [6.07, 6.45) is 3.04. The highest BCUT2D eigenvalue weighted by Crippen LogP contribution is 2.42. The Labute approximate surface area is 438 Å². The molecule has 0 saturated carbocycles. The summed E-state index contributed by atoms with van der Waals surface area (Å²) < 4.78 is 8.32. The lowest BCUT2D eigenvalue weighted by Gasteiger charge is -2.35. The van der Waals surface area contributed by atoms with Crippen LogP contribution in [0.1, 0.15) is 86.2 Å². The number of hydrogen-bond donors (Lipinski definition) is 5. The van der Waals surface area contributed by atoms with Crippen LogP contribution in [-0.2, 0) is 20.9 Å². The number of benzene rings is 4. The molecule has 4 heterocycles. The second-order valence-electron chi connectivity index (χ2n) is 19.5. The van der Waals surface area contributed by atoms with Gasteiger partial charge in [0, 0.05) is 64.8 Å². The number of rotatable bonds is 18. The Bertz CT molecular complexity index is 3180. The van der Waals surface area contributed by atoms with Crippen molar-refractivity contribution in [1.29, 1.82) is 0 Å². The van der Waals surface area contributed by atoms with Crippen molar-refractivity contribution in [2.24, 2.45) is 5.41 Å². The third kappa shape index (κ3) is 12.7. The molecule has 1 saturated heterocycles. The number of aliphatic hydroxyl groups is 1. The second-order valence-corrected chi connectivity index (χ2v) is 21.4. The number of aliphatic hydroxyl groups excluding tert-OH is 1. The van der Waals surface area contributed by atoms with E-state index in [1.807, 2.05) is 64.4 Å². The highest BCUT2D eigenvalue weighted by atomic mass is 32.1. The summed E-state index contributed by atoms with van der Waals surface area (Å²) in [6, 6.07) is 24.4. The number of ketones is 1. The maximum atomic E-state index is 14.2. The van der Waals surface area contributed by atoms with Crippen LogP contribution in [-0.4, -0.2) is 114 Å². The van der Waals surface area contributed by atoms with E-state index >= 15 is 0 Å². The molecule has 3 aromatic heterocycles. The number of thiazole rings is 1. The van der Waals surface area contributed by atoms with Gasteiger partial charge in [-0.3, -0.25) is 28.8 Å². The molecular formula is C57H61N7O8S2. The van der Waals surface area contributed by atoms with Crippen molar-refractivity contribution in [3.8, 4) is 50.0 Å². The van der Waals surface area contributed by atoms with Gasteiger partial charge in [-0.2, -0.15) is 5.10 Å². The van der Waals surface area contributed by atoms with Crippen LogP contribution in [0.5, 0.6) is 17.2 Å². The molecule has 15 nitrogen and oxygen atoms in total. The lowest BCUT2D eigenvalue weighted by Crippen LogP contribution is -2.58. The molecule has 0 bridgehead atoms. The van der Waals surface area contributed by atoms with Crippen LogP contribution >= 0.6 is 22.7 Å². The number of nitrogens with zero attached hydrogens (tertiary/aromatic N) is 5. The predicted octanol–water partition coefficient (Wildman–Crippen LogP) is 8.35. The van der Waals surface area contributed by atoms with Gasteiger partial charge in [0.25, 0.3) is 0 Å². The van der Waals surface area contributed by atoms with Gasteiger partial charge in [-0.15, -0.1) is 22.7 Å². The average molecular weight is 1040 g/mol. The monoisotopic (exact) mass is 1040 g/mol. The van der Waals surface area contributed by atoms with Gasteiger partial charge < -0.3 is 35.6 Å². The number of β-amino-alcohol motifs (C(OH)–C–C–N with tert-alkyl or cyclic N) is 1. The van der Waals surface area contributed by atoms with E-state index in [1.54, 1.807) is 90.5 Å². The lowest BCUT2D eigenvalue weighted by atomic mass is 9.85. The first-order valence-electron chi connectivity index (χ1n) is 24.6. The fraction of sp³-hybridized carbons (Fsp3) is 0.333. The molecule has 4 unspecified atom stereocenters. The second kappa shape index (κ2) is 23.2. The van der Waals surface area contributed by atoms with Gasteiger partial charge in [0.05, 0.1) is 40.0 Å². The van der Waals surface area contributed by atoms with Crippen LogP contribution < -0.4 is 15.4 Å². The van der Waals surface area contributed by atoms with Crippen LogP contribution in [0.3, 0.4) is 0 Å². The normalized spacial score (nSPS) is 15.4. The summed E-state index contributed by atoms with van der Waals surface area (Å²) in [6.45, 7) is 13.8. The highest BCUT2D eigenvalue weighted by molar-refractivity contribution is 7.22. The molecule has 1 fully saturated rings. The van der Waals surface area contributed by atoms with Crippen molar-refractivity contribution < 1.29 is 39.2 Å². The molecule has 4 aromatic carbocycles. The Balaban J connectivity index is 0.797. The molecule has 5 N–H and O–H groups in total. The number of carbonyl (C=O) groups is 4. The summed E-state index contributed by atoms with van der Waals surface area (Å²) in [5, 5.41) is 41.7. The number of carbonyl (C=O) groups excluding carboxylic acids is 4. The Kier molecular flexibility index (Phi) is 16.6. The first kappa shape index (κ1) is 52.9. The molecule has 1 aliphatic heterocycles. The predicted molar refractivity (Wildman–Crippen MR) is 288 cm³/mol. The van der Waals surface area contributed by atoms with E-state index in [9.17, 15) is 34.5 Å². The van der Waals surface area contributed by atoms with Crippen molar-refractivity contribution >= 4 is 56.3 Å². The molecule has 384 valence electrons. The summed E-state index contributed by atoms with van der Waals surface area (Å²) in [5.74, 6) is 5.79. The molecule has 8 rings (SSSR count). The topological polar surface area (TPSA) is 199 Å². The van der Waals surface area contributed by atoms with Crippen LogP contribution in [0.15, 0.2) is 109 Å². The average Bonchev–Trinajstić information content (AvgIpc) is 4.20. The summed E-state index contributed by atoms with van der Waals surface area (Å²) in [4.78, 5) is 65.2. The van der Waals surface area contributed by atoms with Gasteiger partial charge in [-0.25, -0.2) is 4.98 Å². The Morgan fingerprint density at radius 1 is 0.919 bits per heavy atom. The zero-order valence-corrected chi connectivity index (χ0v) is 43.9. The minimum atomic E-state index is -0.988. The fourth-order valence-electron chi connectivity index (χ4n) is 8.96. The van der Waals surface area contributed by atoms with Crippen LogP contribution in [0.2, 0.25) is 0 Å². The summed E-state index contributed by atoms with van der Waals surface area (Å²) >= 11 is 2.98. The van der Waals surface area contributed by atoms with E-state index in [1.165, 1.54) is 20.9 Å². The number of aromatic nitrogens is 3. The number of aryl methyl sites for hydroxylation is 1. The van der Waals surface area contributed by atoms with E-state index in [2.05, 4.69) is 44.4 Å². The van der Waals surface area contributed by atoms with E-state index < -0.39 is 35.4 Å².